The molecule has 0 spiro atoms. The molecule has 1 atom stereocenters. The van der Waals surface area contributed by atoms with Crippen molar-refractivity contribution >= 4 is 0 Å². The third-order valence-electron chi connectivity index (χ3n) is 3.75. The van der Waals surface area contributed by atoms with Gasteiger partial charge < -0.3 is 9.84 Å². The van der Waals surface area contributed by atoms with Crippen molar-refractivity contribution in [1.29, 1.82) is 0 Å². The van der Waals surface area contributed by atoms with Gasteiger partial charge in [-0.15, -0.1) is 0 Å². The summed E-state index contributed by atoms with van der Waals surface area (Å²) < 4.78 is 43.6. The number of halogens is 3. The first-order valence-corrected chi connectivity index (χ1v) is 7.16. The van der Waals surface area contributed by atoms with Gasteiger partial charge in [0.25, 0.3) is 0 Å². The molecule has 1 heterocycles. The summed E-state index contributed by atoms with van der Waals surface area (Å²) in [7, 11) is 0. The van der Waals surface area contributed by atoms with Crippen LogP contribution < -0.4 is 4.74 Å². The Hall–Kier alpha value is -1.27. The highest BCUT2D eigenvalue weighted by Gasteiger charge is 2.34. The van der Waals surface area contributed by atoms with Crippen molar-refractivity contribution in [2.75, 3.05) is 26.3 Å². The number of hydrogen-bond acceptors (Lipinski definition) is 3. The second-order valence-electron chi connectivity index (χ2n) is 5.21. The van der Waals surface area contributed by atoms with Crippen molar-refractivity contribution in [3.05, 3.63) is 29.8 Å². The highest BCUT2D eigenvalue weighted by atomic mass is 19.4. The van der Waals surface area contributed by atoms with Gasteiger partial charge in [0, 0.05) is 12.6 Å². The van der Waals surface area contributed by atoms with E-state index in [-0.39, 0.29) is 25.0 Å². The number of hydrogen-bond donors (Lipinski definition) is 1. The number of rotatable bonds is 6. The fourth-order valence-corrected chi connectivity index (χ4v) is 2.67. The van der Waals surface area contributed by atoms with Crippen LogP contribution in [0.2, 0.25) is 0 Å². The fraction of sp³-hybridized carbons (Fsp3) is 0.600. The second-order valence-corrected chi connectivity index (χ2v) is 5.21. The maximum atomic E-state index is 12.8. The van der Waals surface area contributed by atoms with E-state index < -0.39 is 11.7 Å². The molecule has 118 valence electrons. The predicted octanol–water partition coefficient (Wildman–Crippen LogP) is 2.93. The monoisotopic (exact) mass is 303 g/mol. The van der Waals surface area contributed by atoms with Gasteiger partial charge in [0.1, 0.15) is 5.75 Å². The quantitative estimate of drug-likeness (QED) is 0.820. The maximum Gasteiger partial charge on any atom is 0.419 e. The summed E-state index contributed by atoms with van der Waals surface area (Å²) in [6, 6.07) is 5.44. The molecule has 0 aromatic heterocycles. The van der Waals surface area contributed by atoms with Gasteiger partial charge in [-0.05, 0) is 37.9 Å². The zero-order chi connectivity index (χ0) is 15.3. The fourth-order valence-electron chi connectivity index (χ4n) is 2.67. The van der Waals surface area contributed by atoms with Gasteiger partial charge in [0.2, 0.25) is 0 Å². The molecule has 1 aliphatic heterocycles. The second kappa shape index (κ2) is 7.13. The Labute approximate surface area is 122 Å². The number of likely N-dealkylation sites (tertiary alicyclic amines) is 1. The highest BCUT2D eigenvalue weighted by molar-refractivity contribution is 5.35. The summed E-state index contributed by atoms with van der Waals surface area (Å²) in [4.78, 5) is 2.17. The number of aliphatic hydroxyl groups is 1. The molecule has 0 saturated carbocycles. The van der Waals surface area contributed by atoms with Crippen LogP contribution in [-0.4, -0.2) is 42.4 Å². The van der Waals surface area contributed by atoms with E-state index in [0.29, 0.717) is 6.42 Å². The first-order valence-electron chi connectivity index (χ1n) is 7.16. The predicted molar refractivity (Wildman–Crippen MR) is 73.2 cm³/mol. The van der Waals surface area contributed by atoms with Crippen molar-refractivity contribution in [3.8, 4) is 5.75 Å². The smallest absolute Gasteiger partial charge is 0.419 e. The van der Waals surface area contributed by atoms with Crippen LogP contribution >= 0.6 is 0 Å². The molecular weight excluding hydrogens is 283 g/mol. The molecule has 1 fully saturated rings. The summed E-state index contributed by atoms with van der Waals surface area (Å²) in [5.74, 6) is -0.120. The molecule has 21 heavy (non-hydrogen) atoms. The number of para-hydroxylation sites is 1. The minimum atomic E-state index is -4.40. The first-order chi connectivity index (χ1) is 10.0. The summed E-state index contributed by atoms with van der Waals surface area (Å²) in [5, 5.41) is 9.20. The molecule has 6 heteroatoms. The van der Waals surface area contributed by atoms with Crippen LogP contribution in [-0.2, 0) is 6.18 Å². The van der Waals surface area contributed by atoms with E-state index in [4.69, 9.17) is 4.74 Å². The zero-order valence-electron chi connectivity index (χ0n) is 11.8. The Balaban J connectivity index is 1.81. The number of ether oxygens (including phenoxy) is 1. The van der Waals surface area contributed by atoms with Crippen molar-refractivity contribution in [3.63, 3.8) is 0 Å². The Kier molecular flexibility index (Phi) is 5.47. The number of nitrogens with zero attached hydrogens (tertiary/aromatic N) is 1. The highest BCUT2D eigenvalue weighted by Crippen LogP contribution is 2.35. The van der Waals surface area contributed by atoms with E-state index in [2.05, 4.69) is 4.90 Å². The van der Waals surface area contributed by atoms with Gasteiger partial charge in [-0.1, -0.05) is 12.1 Å². The van der Waals surface area contributed by atoms with E-state index in [1.807, 2.05) is 0 Å². The lowest BCUT2D eigenvalue weighted by Gasteiger charge is -2.22. The molecular formula is C15H20F3NO2. The molecule has 0 aliphatic carbocycles. The van der Waals surface area contributed by atoms with E-state index in [1.54, 1.807) is 0 Å². The Morgan fingerprint density at radius 2 is 2.05 bits per heavy atom. The SMILES string of the molecule is OC[C@@H]1CCCN1CCCOc1ccccc1C(F)(F)F. The van der Waals surface area contributed by atoms with Gasteiger partial charge in [-0.3, -0.25) is 4.90 Å². The van der Waals surface area contributed by atoms with Crippen molar-refractivity contribution in [2.45, 2.75) is 31.5 Å². The Morgan fingerprint density at radius 1 is 1.29 bits per heavy atom. The minimum absolute atomic E-state index is 0.120. The molecule has 0 radical (unpaired) electrons. The van der Waals surface area contributed by atoms with Gasteiger partial charge in [0.15, 0.2) is 0 Å². The van der Waals surface area contributed by atoms with Crippen LogP contribution in [0.1, 0.15) is 24.8 Å². The van der Waals surface area contributed by atoms with Gasteiger partial charge in [-0.2, -0.15) is 13.2 Å². The average molecular weight is 303 g/mol. The van der Waals surface area contributed by atoms with E-state index in [9.17, 15) is 18.3 Å². The lowest BCUT2D eigenvalue weighted by atomic mass is 10.2. The maximum absolute atomic E-state index is 12.8. The van der Waals surface area contributed by atoms with Crippen LogP contribution in [0.5, 0.6) is 5.75 Å². The number of aliphatic hydroxyl groups excluding tert-OH is 1. The number of benzene rings is 1. The summed E-state index contributed by atoms with van der Waals surface area (Å²) in [5.41, 5.74) is -0.737. The van der Waals surface area contributed by atoms with Crippen molar-refractivity contribution in [1.82, 2.24) is 4.90 Å². The van der Waals surface area contributed by atoms with Crippen LogP contribution in [0.15, 0.2) is 24.3 Å². The summed E-state index contributed by atoms with van der Waals surface area (Å²) in [6.07, 6.45) is -1.71. The lowest BCUT2D eigenvalue weighted by Crippen LogP contribution is -2.33. The average Bonchev–Trinajstić information content (AvgIpc) is 2.90. The van der Waals surface area contributed by atoms with Crippen molar-refractivity contribution < 1.29 is 23.0 Å². The van der Waals surface area contributed by atoms with E-state index in [1.165, 1.54) is 18.2 Å². The van der Waals surface area contributed by atoms with Gasteiger partial charge in [0.05, 0.1) is 18.8 Å². The standard InChI is InChI=1S/C15H20F3NO2/c16-15(17,18)13-6-1-2-7-14(13)21-10-4-9-19-8-3-5-12(19)11-20/h1-2,6-7,12,20H,3-5,8-11H2/t12-/m0/s1. The normalized spacial score (nSPS) is 19.9. The largest absolute Gasteiger partial charge is 0.493 e. The molecule has 2 rings (SSSR count). The summed E-state index contributed by atoms with van der Waals surface area (Å²) >= 11 is 0. The molecule has 0 amide bonds. The van der Waals surface area contributed by atoms with Crippen molar-refractivity contribution in [2.24, 2.45) is 0 Å². The zero-order valence-corrected chi connectivity index (χ0v) is 11.8. The molecule has 1 aliphatic rings. The van der Waals surface area contributed by atoms with E-state index >= 15 is 0 Å². The molecule has 0 bridgehead atoms. The van der Waals surface area contributed by atoms with Crippen LogP contribution in [0.4, 0.5) is 13.2 Å². The van der Waals surface area contributed by atoms with Crippen LogP contribution in [0.25, 0.3) is 0 Å². The van der Waals surface area contributed by atoms with E-state index in [0.717, 1.165) is 32.0 Å². The molecule has 1 aromatic carbocycles. The molecule has 1 N–H and O–H groups in total. The van der Waals surface area contributed by atoms with Gasteiger partial charge >= 0.3 is 6.18 Å². The summed E-state index contributed by atoms with van der Waals surface area (Å²) in [6.45, 7) is 2.04. The Morgan fingerprint density at radius 3 is 2.76 bits per heavy atom. The molecule has 1 aromatic rings. The third kappa shape index (κ3) is 4.35. The third-order valence-corrected chi connectivity index (χ3v) is 3.75. The van der Waals surface area contributed by atoms with Crippen LogP contribution in [0, 0.1) is 0 Å². The molecule has 3 nitrogen and oxygen atoms in total. The molecule has 0 unspecified atom stereocenters. The topological polar surface area (TPSA) is 32.7 Å². The number of alkyl halides is 3. The lowest BCUT2D eigenvalue weighted by molar-refractivity contribution is -0.139. The Bertz CT molecular complexity index is 451. The van der Waals surface area contributed by atoms with Gasteiger partial charge in [-0.25, -0.2) is 0 Å². The first kappa shape index (κ1) is 16.1. The van der Waals surface area contributed by atoms with Crippen LogP contribution in [0.3, 0.4) is 0 Å². The molecule has 1 saturated heterocycles. The minimum Gasteiger partial charge on any atom is -0.493 e.